The highest BCUT2D eigenvalue weighted by molar-refractivity contribution is 5.96. The third kappa shape index (κ3) is 3.98. The van der Waals surface area contributed by atoms with Crippen molar-refractivity contribution < 1.29 is 19.0 Å². The van der Waals surface area contributed by atoms with Crippen molar-refractivity contribution in [2.45, 2.75) is 13.5 Å². The van der Waals surface area contributed by atoms with Crippen molar-refractivity contribution in [3.8, 4) is 17.2 Å². The van der Waals surface area contributed by atoms with E-state index >= 15 is 0 Å². The van der Waals surface area contributed by atoms with E-state index in [9.17, 15) is 4.79 Å². The minimum Gasteiger partial charge on any atom is -0.497 e. The minimum absolute atomic E-state index is 0.100. The molecule has 0 aliphatic heterocycles. The van der Waals surface area contributed by atoms with Crippen molar-refractivity contribution in [2.24, 2.45) is 0 Å². The van der Waals surface area contributed by atoms with Gasteiger partial charge in [-0.15, -0.1) is 0 Å². The summed E-state index contributed by atoms with van der Waals surface area (Å²) in [5.74, 6) is 1.90. The Hall–Kier alpha value is -2.69. The van der Waals surface area contributed by atoms with Crippen LogP contribution in [0.5, 0.6) is 17.2 Å². The monoisotopic (exact) mass is 329 g/mol. The van der Waals surface area contributed by atoms with Gasteiger partial charge in [-0.3, -0.25) is 4.79 Å². The van der Waals surface area contributed by atoms with Crippen LogP contribution in [-0.2, 0) is 6.54 Å². The van der Waals surface area contributed by atoms with Crippen molar-refractivity contribution in [3.05, 3.63) is 53.6 Å². The van der Waals surface area contributed by atoms with Gasteiger partial charge < -0.3 is 19.1 Å². The number of ether oxygens (including phenoxy) is 3. The molecule has 0 saturated carbocycles. The lowest BCUT2D eigenvalue weighted by Crippen LogP contribution is -2.27. The molecule has 0 aliphatic rings. The largest absolute Gasteiger partial charge is 0.497 e. The standard InChI is InChI=1S/C19H23NO4/c1-5-24-17-9-7-6-8-16(17)19(21)20(2)13-14-10-11-15(22-3)12-18(14)23-4/h6-12H,5,13H2,1-4H3. The maximum Gasteiger partial charge on any atom is 0.257 e. The molecule has 0 atom stereocenters. The number of para-hydroxylation sites is 1. The molecule has 0 radical (unpaired) electrons. The number of methoxy groups -OCH3 is 2. The van der Waals surface area contributed by atoms with Crippen molar-refractivity contribution in [2.75, 3.05) is 27.9 Å². The zero-order valence-corrected chi connectivity index (χ0v) is 14.5. The summed E-state index contributed by atoms with van der Waals surface area (Å²) in [5, 5.41) is 0. The predicted molar refractivity (Wildman–Crippen MR) is 93.0 cm³/mol. The maximum atomic E-state index is 12.7. The lowest BCUT2D eigenvalue weighted by atomic mass is 10.1. The zero-order chi connectivity index (χ0) is 17.5. The number of carbonyl (C=O) groups is 1. The minimum atomic E-state index is -0.100. The van der Waals surface area contributed by atoms with E-state index in [-0.39, 0.29) is 5.91 Å². The SMILES string of the molecule is CCOc1ccccc1C(=O)N(C)Cc1ccc(OC)cc1OC. The zero-order valence-electron chi connectivity index (χ0n) is 14.5. The van der Waals surface area contributed by atoms with Gasteiger partial charge in [0.2, 0.25) is 0 Å². The fraction of sp³-hybridized carbons (Fsp3) is 0.316. The second-order valence-electron chi connectivity index (χ2n) is 5.27. The van der Waals surface area contributed by atoms with Gasteiger partial charge in [0.05, 0.1) is 26.4 Å². The van der Waals surface area contributed by atoms with Crippen LogP contribution >= 0.6 is 0 Å². The molecule has 0 heterocycles. The highest BCUT2D eigenvalue weighted by Gasteiger charge is 2.18. The molecule has 0 saturated heterocycles. The van der Waals surface area contributed by atoms with Crippen LogP contribution < -0.4 is 14.2 Å². The molecule has 2 aromatic rings. The fourth-order valence-electron chi connectivity index (χ4n) is 2.44. The number of carbonyl (C=O) groups excluding carboxylic acids is 1. The Labute approximate surface area is 142 Å². The van der Waals surface area contributed by atoms with Crippen LogP contribution in [0.3, 0.4) is 0 Å². The summed E-state index contributed by atoms with van der Waals surface area (Å²) in [7, 11) is 4.97. The third-order valence-corrected chi connectivity index (χ3v) is 3.67. The van der Waals surface area contributed by atoms with Crippen molar-refractivity contribution in [3.63, 3.8) is 0 Å². The lowest BCUT2D eigenvalue weighted by Gasteiger charge is -2.20. The van der Waals surface area contributed by atoms with E-state index in [1.165, 1.54) is 0 Å². The van der Waals surface area contributed by atoms with Crippen LogP contribution in [0.15, 0.2) is 42.5 Å². The first-order chi connectivity index (χ1) is 11.6. The Morgan fingerprint density at radius 3 is 2.46 bits per heavy atom. The second-order valence-corrected chi connectivity index (χ2v) is 5.27. The molecule has 2 aromatic carbocycles. The average molecular weight is 329 g/mol. The van der Waals surface area contributed by atoms with Gasteiger partial charge in [0, 0.05) is 25.2 Å². The van der Waals surface area contributed by atoms with Crippen molar-refractivity contribution in [1.82, 2.24) is 4.90 Å². The van der Waals surface area contributed by atoms with Gasteiger partial charge in [-0.25, -0.2) is 0 Å². The number of rotatable bonds is 7. The van der Waals surface area contributed by atoms with Gasteiger partial charge in [0.15, 0.2) is 0 Å². The van der Waals surface area contributed by atoms with Crippen molar-refractivity contribution in [1.29, 1.82) is 0 Å². The van der Waals surface area contributed by atoms with E-state index in [1.54, 1.807) is 38.3 Å². The third-order valence-electron chi connectivity index (χ3n) is 3.67. The summed E-state index contributed by atoms with van der Waals surface area (Å²) in [5.41, 5.74) is 1.46. The summed E-state index contributed by atoms with van der Waals surface area (Å²) in [6.45, 7) is 2.83. The first-order valence-electron chi connectivity index (χ1n) is 7.78. The molecular weight excluding hydrogens is 306 g/mol. The Morgan fingerprint density at radius 1 is 1.04 bits per heavy atom. The quantitative estimate of drug-likeness (QED) is 0.781. The van der Waals surface area contributed by atoms with Crippen LogP contribution in [0.25, 0.3) is 0 Å². The number of hydrogen-bond donors (Lipinski definition) is 0. The van der Waals surface area contributed by atoms with E-state index < -0.39 is 0 Å². The molecule has 5 heteroatoms. The summed E-state index contributed by atoms with van der Waals surface area (Å²) in [6, 6.07) is 12.8. The summed E-state index contributed by atoms with van der Waals surface area (Å²) in [6.07, 6.45) is 0. The van der Waals surface area contributed by atoms with E-state index in [1.807, 2.05) is 37.3 Å². The molecule has 0 fully saturated rings. The fourth-order valence-corrected chi connectivity index (χ4v) is 2.44. The Kier molecular flexibility index (Phi) is 6.07. The Balaban J connectivity index is 2.21. The van der Waals surface area contributed by atoms with E-state index in [4.69, 9.17) is 14.2 Å². The van der Waals surface area contributed by atoms with Gasteiger partial charge >= 0.3 is 0 Å². The molecule has 0 bridgehead atoms. The number of hydrogen-bond acceptors (Lipinski definition) is 4. The molecule has 2 rings (SSSR count). The van der Waals surface area contributed by atoms with Crippen LogP contribution in [0.2, 0.25) is 0 Å². The molecule has 0 spiro atoms. The van der Waals surface area contributed by atoms with Crippen LogP contribution in [0, 0.1) is 0 Å². The number of amides is 1. The van der Waals surface area contributed by atoms with Crippen LogP contribution in [0.4, 0.5) is 0 Å². The molecule has 0 aromatic heterocycles. The average Bonchev–Trinajstić information content (AvgIpc) is 2.62. The topological polar surface area (TPSA) is 48.0 Å². The molecule has 5 nitrogen and oxygen atoms in total. The Morgan fingerprint density at radius 2 is 1.79 bits per heavy atom. The predicted octanol–water partition coefficient (Wildman–Crippen LogP) is 3.37. The van der Waals surface area contributed by atoms with Gasteiger partial charge in [-0.05, 0) is 31.2 Å². The highest BCUT2D eigenvalue weighted by Crippen LogP contribution is 2.26. The van der Waals surface area contributed by atoms with Gasteiger partial charge in [0.1, 0.15) is 17.2 Å². The second kappa shape index (κ2) is 8.24. The smallest absolute Gasteiger partial charge is 0.257 e. The first-order valence-corrected chi connectivity index (χ1v) is 7.78. The molecule has 24 heavy (non-hydrogen) atoms. The number of nitrogens with zero attached hydrogens (tertiary/aromatic N) is 1. The molecule has 1 amide bonds. The van der Waals surface area contributed by atoms with E-state index in [0.29, 0.717) is 36.0 Å². The summed E-state index contributed by atoms with van der Waals surface area (Å²) >= 11 is 0. The molecule has 0 unspecified atom stereocenters. The van der Waals surface area contributed by atoms with E-state index in [0.717, 1.165) is 5.56 Å². The Bertz CT molecular complexity index is 700. The lowest BCUT2D eigenvalue weighted by molar-refractivity contribution is 0.0780. The van der Waals surface area contributed by atoms with Gasteiger partial charge in [-0.2, -0.15) is 0 Å². The molecular formula is C19H23NO4. The van der Waals surface area contributed by atoms with Crippen LogP contribution in [0.1, 0.15) is 22.8 Å². The summed E-state index contributed by atoms with van der Waals surface area (Å²) < 4.78 is 16.1. The van der Waals surface area contributed by atoms with Crippen LogP contribution in [-0.4, -0.2) is 38.7 Å². The van der Waals surface area contributed by atoms with E-state index in [2.05, 4.69) is 0 Å². The highest BCUT2D eigenvalue weighted by atomic mass is 16.5. The number of benzene rings is 2. The summed E-state index contributed by atoms with van der Waals surface area (Å²) in [4.78, 5) is 14.4. The molecule has 128 valence electrons. The van der Waals surface area contributed by atoms with Gasteiger partial charge in [0.25, 0.3) is 5.91 Å². The molecule has 0 N–H and O–H groups in total. The molecule has 0 aliphatic carbocycles. The van der Waals surface area contributed by atoms with Crippen molar-refractivity contribution >= 4 is 5.91 Å². The maximum absolute atomic E-state index is 12.7. The normalized spacial score (nSPS) is 10.2. The first kappa shape index (κ1) is 17.7. The van der Waals surface area contributed by atoms with Gasteiger partial charge in [-0.1, -0.05) is 12.1 Å².